The van der Waals surface area contributed by atoms with Crippen LogP contribution < -0.4 is 11.0 Å². The monoisotopic (exact) mass is 468 g/mol. The van der Waals surface area contributed by atoms with Crippen LogP contribution in [0.4, 0.5) is 4.39 Å². The van der Waals surface area contributed by atoms with Gasteiger partial charge in [-0.05, 0) is 41.8 Å². The highest BCUT2D eigenvalue weighted by atomic mass is 19.1. The first-order valence-corrected chi connectivity index (χ1v) is 10.4. The van der Waals surface area contributed by atoms with Crippen LogP contribution in [-0.4, -0.2) is 62.3 Å². The Morgan fingerprint density at radius 3 is 2.47 bits per heavy atom. The number of H-pyrrole nitrogens is 2. The summed E-state index contributed by atoms with van der Waals surface area (Å²) >= 11 is 0. The summed E-state index contributed by atoms with van der Waals surface area (Å²) in [6.07, 6.45) is -0.754. The van der Waals surface area contributed by atoms with Crippen molar-refractivity contribution >= 4 is 34.6 Å². The summed E-state index contributed by atoms with van der Waals surface area (Å²) in [7, 11) is 0. The van der Waals surface area contributed by atoms with Gasteiger partial charge >= 0.3 is 11.7 Å². The van der Waals surface area contributed by atoms with Gasteiger partial charge in [-0.25, -0.2) is 9.18 Å². The van der Waals surface area contributed by atoms with Crippen molar-refractivity contribution in [3.63, 3.8) is 0 Å². The van der Waals surface area contributed by atoms with Crippen LogP contribution in [0.5, 0.6) is 0 Å². The van der Waals surface area contributed by atoms with Gasteiger partial charge in [-0.3, -0.25) is 19.2 Å². The molecule has 4 rings (SSSR count). The number of fused-ring (bicyclic) bond motifs is 2. The van der Waals surface area contributed by atoms with Gasteiger partial charge < -0.3 is 25.3 Å². The second-order valence-electron chi connectivity index (χ2n) is 8.08. The normalized spacial score (nSPS) is 14.6. The molecular weight excluding hydrogens is 447 g/mol. The molecule has 176 valence electrons. The second kappa shape index (κ2) is 8.93. The van der Waals surface area contributed by atoms with Crippen LogP contribution >= 0.6 is 0 Å². The van der Waals surface area contributed by atoms with Gasteiger partial charge in [0.1, 0.15) is 18.8 Å². The van der Waals surface area contributed by atoms with E-state index in [4.69, 9.17) is 5.11 Å². The smallest absolute Gasteiger partial charge is 0.323 e. The lowest BCUT2D eigenvalue weighted by atomic mass is 10.00. The van der Waals surface area contributed by atoms with Crippen LogP contribution in [0.25, 0.3) is 22.2 Å². The van der Waals surface area contributed by atoms with Crippen molar-refractivity contribution in [2.75, 3.05) is 6.67 Å². The number of benzene rings is 2. The van der Waals surface area contributed by atoms with Crippen molar-refractivity contribution in [2.24, 2.45) is 0 Å². The number of aromatic nitrogens is 2. The minimum atomic E-state index is -1.51. The number of hydrogen-bond donors (Lipinski definition) is 4. The predicted octanol–water partition coefficient (Wildman–Crippen LogP) is 1.37. The van der Waals surface area contributed by atoms with Gasteiger partial charge in [0.25, 0.3) is 5.91 Å². The SMILES string of the molecule is CC(C(=O)NC(CC(=O)O)C(=O)CF)N1Cc2ccc(-c3ccc4[nH]c(=O)[nH]c4c3)cc2C1=O. The molecule has 0 saturated heterocycles. The zero-order chi connectivity index (χ0) is 24.6. The zero-order valence-corrected chi connectivity index (χ0v) is 18.1. The summed E-state index contributed by atoms with van der Waals surface area (Å²) in [6.45, 7) is 0.188. The molecule has 2 atom stereocenters. The van der Waals surface area contributed by atoms with E-state index < -0.39 is 48.7 Å². The van der Waals surface area contributed by atoms with Gasteiger partial charge in [-0.2, -0.15) is 0 Å². The number of imidazole rings is 1. The van der Waals surface area contributed by atoms with E-state index in [1.165, 1.54) is 11.8 Å². The first kappa shape index (κ1) is 22.9. The Kier molecular flexibility index (Phi) is 6.01. The van der Waals surface area contributed by atoms with E-state index in [0.29, 0.717) is 22.2 Å². The highest BCUT2D eigenvalue weighted by Crippen LogP contribution is 2.30. The summed E-state index contributed by atoms with van der Waals surface area (Å²) in [5.74, 6) is -3.57. The molecule has 0 saturated carbocycles. The quantitative estimate of drug-likeness (QED) is 0.392. The lowest BCUT2D eigenvalue weighted by Gasteiger charge is -2.25. The van der Waals surface area contributed by atoms with Crippen molar-refractivity contribution < 1.29 is 28.7 Å². The number of carboxylic acids is 1. The number of carboxylic acid groups (broad SMARTS) is 1. The van der Waals surface area contributed by atoms with Crippen LogP contribution in [-0.2, 0) is 20.9 Å². The first-order valence-electron chi connectivity index (χ1n) is 10.4. The molecule has 2 amide bonds. The number of aliphatic carboxylic acids is 1. The molecule has 0 aliphatic carbocycles. The Bertz CT molecular complexity index is 1380. The fourth-order valence-corrected chi connectivity index (χ4v) is 3.97. The van der Waals surface area contributed by atoms with E-state index in [9.17, 15) is 28.4 Å². The Morgan fingerprint density at radius 2 is 1.76 bits per heavy atom. The van der Waals surface area contributed by atoms with Gasteiger partial charge in [0.15, 0.2) is 5.78 Å². The van der Waals surface area contributed by atoms with Gasteiger partial charge in [-0.15, -0.1) is 0 Å². The maximum atomic E-state index is 13.1. The van der Waals surface area contributed by atoms with Crippen molar-refractivity contribution in [1.82, 2.24) is 20.2 Å². The van der Waals surface area contributed by atoms with Crippen LogP contribution in [0, 0.1) is 0 Å². The summed E-state index contributed by atoms with van der Waals surface area (Å²) in [5.41, 5.74) is 3.59. The number of ketones is 1. The number of aromatic amines is 2. The standard InChI is InChI=1S/C23H21FN4O6/c1-11(21(32)25-18(8-20(30)31)19(29)9-24)28-10-14-3-2-12(6-15(14)22(28)33)13-4-5-16-17(7-13)27-23(34)26-16/h2-7,11,18H,8-10H2,1H3,(H,25,32)(H,30,31)(H2,26,27,34). The fourth-order valence-electron chi connectivity index (χ4n) is 3.97. The second-order valence-corrected chi connectivity index (χ2v) is 8.08. The molecule has 2 unspecified atom stereocenters. The number of hydrogen-bond acceptors (Lipinski definition) is 5. The number of Topliss-reactive ketones (excluding diaryl/α,β-unsaturated/α-hetero) is 1. The molecule has 0 bridgehead atoms. The van der Waals surface area contributed by atoms with E-state index in [1.54, 1.807) is 24.3 Å². The van der Waals surface area contributed by atoms with Crippen molar-refractivity contribution in [3.05, 3.63) is 58.0 Å². The summed E-state index contributed by atoms with van der Waals surface area (Å²) < 4.78 is 12.8. The van der Waals surface area contributed by atoms with E-state index in [2.05, 4.69) is 15.3 Å². The van der Waals surface area contributed by atoms with Crippen LogP contribution in [0.2, 0.25) is 0 Å². The minimum Gasteiger partial charge on any atom is -0.481 e. The van der Waals surface area contributed by atoms with E-state index >= 15 is 0 Å². The average molecular weight is 468 g/mol. The Labute approximate surface area is 191 Å². The number of halogens is 1. The maximum absolute atomic E-state index is 13.1. The third kappa shape index (κ3) is 4.32. The average Bonchev–Trinajstić information content (AvgIpc) is 3.34. The number of carbonyl (C=O) groups excluding carboxylic acids is 3. The predicted molar refractivity (Wildman–Crippen MR) is 119 cm³/mol. The van der Waals surface area contributed by atoms with Crippen molar-refractivity contribution in [2.45, 2.75) is 32.0 Å². The molecule has 0 spiro atoms. The Balaban J connectivity index is 1.53. The molecule has 1 aromatic heterocycles. The van der Waals surface area contributed by atoms with Gasteiger partial charge in [0.2, 0.25) is 5.91 Å². The molecule has 10 nitrogen and oxygen atoms in total. The van der Waals surface area contributed by atoms with Crippen molar-refractivity contribution in [3.8, 4) is 11.1 Å². The molecular formula is C23H21FN4O6. The molecule has 3 aromatic rings. The lowest BCUT2D eigenvalue weighted by molar-refractivity contribution is -0.140. The molecule has 1 aliphatic heterocycles. The maximum Gasteiger partial charge on any atom is 0.323 e. The van der Waals surface area contributed by atoms with Gasteiger partial charge in [0, 0.05) is 12.1 Å². The number of nitrogens with one attached hydrogen (secondary N) is 3. The van der Waals surface area contributed by atoms with Crippen molar-refractivity contribution in [1.29, 1.82) is 0 Å². The molecule has 1 aliphatic rings. The van der Waals surface area contributed by atoms with Crippen LogP contribution in [0.15, 0.2) is 41.2 Å². The van der Waals surface area contributed by atoms with Gasteiger partial charge in [0.05, 0.1) is 17.5 Å². The number of amides is 2. The summed E-state index contributed by atoms with van der Waals surface area (Å²) in [4.78, 5) is 66.5. The largest absolute Gasteiger partial charge is 0.481 e. The molecule has 0 radical (unpaired) electrons. The molecule has 4 N–H and O–H groups in total. The number of nitrogens with zero attached hydrogens (tertiary/aromatic N) is 1. The molecule has 0 fully saturated rings. The first-order chi connectivity index (χ1) is 16.2. The lowest BCUT2D eigenvalue weighted by Crippen LogP contribution is -2.51. The number of alkyl halides is 1. The Hall–Kier alpha value is -4.28. The molecule has 34 heavy (non-hydrogen) atoms. The molecule has 2 heterocycles. The summed E-state index contributed by atoms with van der Waals surface area (Å²) in [5, 5.41) is 11.2. The summed E-state index contributed by atoms with van der Waals surface area (Å²) in [6, 6.07) is 8.12. The van der Waals surface area contributed by atoms with E-state index in [1.807, 2.05) is 12.1 Å². The minimum absolute atomic E-state index is 0.147. The highest BCUT2D eigenvalue weighted by Gasteiger charge is 2.35. The molecule has 2 aromatic carbocycles. The topological polar surface area (TPSA) is 152 Å². The Morgan fingerprint density at radius 1 is 1.09 bits per heavy atom. The fraction of sp³-hybridized carbons (Fsp3) is 0.261. The van der Waals surface area contributed by atoms with E-state index in [0.717, 1.165) is 11.1 Å². The number of rotatable bonds is 8. The zero-order valence-electron chi connectivity index (χ0n) is 18.1. The van der Waals surface area contributed by atoms with Gasteiger partial charge in [-0.1, -0.05) is 18.2 Å². The third-order valence-electron chi connectivity index (χ3n) is 5.85. The number of carbonyl (C=O) groups is 4. The van der Waals surface area contributed by atoms with E-state index in [-0.39, 0.29) is 12.2 Å². The van der Waals surface area contributed by atoms with Crippen LogP contribution in [0.3, 0.4) is 0 Å². The molecule has 11 heteroatoms. The third-order valence-corrected chi connectivity index (χ3v) is 5.85. The van der Waals surface area contributed by atoms with Crippen LogP contribution in [0.1, 0.15) is 29.3 Å². The highest BCUT2D eigenvalue weighted by molar-refractivity contribution is 6.02.